The molecule has 2 nitrogen and oxygen atoms in total. The van der Waals surface area contributed by atoms with Crippen molar-refractivity contribution in [3.63, 3.8) is 0 Å². The van der Waals surface area contributed by atoms with E-state index in [0.717, 1.165) is 21.2 Å². The Kier molecular flexibility index (Phi) is 3.71. The monoisotopic (exact) mass is 342 g/mol. The number of nitrogens with one attached hydrogen (secondary N) is 1. The first kappa shape index (κ1) is 11.7. The average molecular weight is 344 g/mol. The van der Waals surface area contributed by atoms with Crippen molar-refractivity contribution in [1.82, 2.24) is 4.57 Å². The van der Waals surface area contributed by atoms with E-state index >= 15 is 0 Å². The molecule has 0 aliphatic rings. The minimum atomic E-state index is 0.821. The van der Waals surface area contributed by atoms with Crippen LogP contribution in [0.15, 0.2) is 45.6 Å². The Balaban J connectivity index is 2.10. The van der Waals surface area contributed by atoms with Gasteiger partial charge < -0.3 is 9.88 Å². The van der Waals surface area contributed by atoms with Crippen molar-refractivity contribution in [3.8, 4) is 0 Å². The van der Waals surface area contributed by atoms with Crippen LogP contribution in [-0.4, -0.2) is 4.57 Å². The molecular formula is C12H12Br2N2. The Morgan fingerprint density at radius 3 is 2.44 bits per heavy atom. The Morgan fingerprint density at radius 1 is 1.19 bits per heavy atom. The molecule has 2 rings (SSSR count). The Labute approximate surface area is 112 Å². The maximum atomic E-state index is 3.53. The molecule has 0 fully saturated rings. The Morgan fingerprint density at radius 2 is 1.88 bits per heavy atom. The van der Waals surface area contributed by atoms with E-state index in [1.165, 1.54) is 5.56 Å². The standard InChI is InChI=1S/C12H12Br2N2/c1-16-6-5-9(8-16)7-15-12-10(13)3-2-4-11(12)14/h2-6,8,15H,7H2,1H3. The van der Waals surface area contributed by atoms with Crippen molar-refractivity contribution >= 4 is 37.5 Å². The van der Waals surface area contributed by atoms with Gasteiger partial charge in [-0.15, -0.1) is 0 Å². The lowest BCUT2D eigenvalue weighted by molar-refractivity contribution is 0.920. The lowest BCUT2D eigenvalue weighted by atomic mass is 10.3. The summed E-state index contributed by atoms with van der Waals surface area (Å²) in [7, 11) is 2.03. The molecule has 0 aliphatic heterocycles. The number of anilines is 1. The number of nitrogens with zero attached hydrogens (tertiary/aromatic N) is 1. The van der Waals surface area contributed by atoms with Crippen LogP contribution in [0.25, 0.3) is 0 Å². The third-order valence-corrected chi connectivity index (χ3v) is 3.65. The maximum absolute atomic E-state index is 3.53. The fourth-order valence-electron chi connectivity index (χ4n) is 1.52. The third kappa shape index (κ3) is 2.68. The molecule has 0 bridgehead atoms. The number of rotatable bonds is 3. The van der Waals surface area contributed by atoms with Crippen LogP contribution in [0.4, 0.5) is 5.69 Å². The molecule has 0 aliphatic carbocycles. The summed E-state index contributed by atoms with van der Waals surface area (Å²) in [6, 6.07) is 8.16. The molecular weight excluding hydrogens is 332 g/mol. The Hall–Kier alpha value is -0.740. The van der Waals surface area contributed by atoms with E-state index in [-0.39, 0.29) is 0 Å². The van der Waals surface area contributed by atoms with Crippen molar-refractivity contribution in [1.29, 1.82) is 0 Å². The number of para-hydroxylation sites is 1. The number of benzene rings is 1. The molecule has 4 heteroatoms. The van der Waals surface area contributed by atoms with E-state index in [0.29, 0.717) is 0 Å². The molecule has 0 saturated heterocycles. The van der Waals surface area contributed by atoms with Gasteiger partial charge in [0.25, 0.3) is 0 Å². The second kappa shape index (κ2) is 5.06. The normalized spacial score (nSPS) is 10.4. The smallest absolute Gasteiger partial charge is 0.0631 e. The predicted molar refractivity (Wildman–Crippen MR) is 74.6 cm³/mol. The number of hydrogen-bond donors (Lipinski definition) is 1. The van der Waals surface area contributed by atoms with Gasteiger partial charge in [-0.1, -0.05) is 6.07 Å². The lowest BCUT2D eigenvalue weighted by Crippen LogP contribution is -1.99. The van der Waals surface area contributed by atoms with Gasteiger partial charge >= 0.3 is 0 Å². The first-order valence-electron chi connectivity index (χ1n) is 4.95. The van der Waals surface area contributed by atoms with Crippen LogP contribution in [0.3, 0.4) is 0 Å². The van der Waals surface area contributed by atoms with Gasteiger partial charge in [-0.05, 0) is 55.6 Å². The van der Waals surface area contributed by atoms with Crippen LogP contribution in [0.5, 0.6) is 0 Å². The van der Waals surface area contributed by atoms with Gasteiger partial charge in [-0.3, -0.25) is 0 Å². The lowest BCUT2D eigenvalue weighted by Gasteiger charge is -2.09. The maximum Gasteiger partial charge on any atom is 0.0631 e. The number of aryl methyl sites for hydroxylation is 1. The van der Waals surface area contributed by atoms with Crippen LogP contribution < -0.4 is 5.32 Å². The van der Waals surface area contributed by atoms with Gasteiger partial charge in [0, 0.05) is 34.9 Å². The van der Waals surface area contributed by atoms with E-state index < -0.39 is 0 Å². The molecule has 0 spiro atoms. The zero-order chi connectivity index (χ0) is 11.5. The molecule has 0 saturated carbocycles. The molecule has 0 radical (unpaired) electrons. The highest BCUT2D eigenvalue weighted by Gasteiger charge is 2.03. The van der Waals surface area contributed by atoms with Gasteiger partial charge in [0.15, 0.2) is 0 Å². The first-order valence-corrected chi connectivity index (χ1v) is 6.54. The molecule has 0 amide bonds. The van der Waals surface area contributed by atoms with Gasteiger partial charge in [0.05, 0.1) is 5.69 Å². The highest BCUT2D eigenvalue weighted by molar-refractivity contribution is 9.11. The van der Waals surface area contributed by atoms with Crippen molar-refractivity contribution in [3.05, 3.63) is 51.2 Å². The van der Waals surface area contributed by atoms with Gasteiger partial charge in [0.1, 0.15) is 0 Å². The molecule has 0 unspecified atom stereocenters. The quantitative estimate of drug-likeness (QED) is 0.885. The highest BCUT2D eigenvalue weighted by Crippen LogP contribution is 2.30. The minimum Gasteiger partial charge on any atom is -0.379 e. The average Bonchev–Trinajstić information content (AvgIpc) is 2.63. The summed E-state index contributed by atoms with van der Waals surface area (Å²) >= 11 is 7.06. The molecule has 1 heterocycles. The summed E-state index contributed by atoms with van der Waals surface area (Å²) in [4.78, 5) is 0. The number of halogens is 2. The molecule has 84 valence electrons. The zero-order valence-corrected chi connectivity index (χ0v) is 12.0. The van der Waals surface area contributed by atoms with Crippen LogP contribution in [0.1, 0.15) is 5.56 Å². The van der Waals surface area contributed by atoms with Crippen molar-refractivity contribution in [2.24, 2.45) is 7.05 Å². The second-order valence-corrected chi connectivity index (χ2v) is 5.34. The molecule has 1 aromatic heterocycles. The molecule has 16 heavy (non-hydrogen) atoms. The summed E-state index contributed by atoms with van der Waals surface area (Å²) in [5.74, 6) is 0. The molecule has 0 atom stereocenters. The molecule has 1 aromatic carbocycles. The summed E-state index contributed by atoms with van der Waals surface area (Å²) in [6.07, 6.45) is 4.16. The van der Waals surface area contributed by atoms with E-state index in [2.05, 4.69) is 49.4 Å². The van der Waals surface area contributed by atoms with Crippen LogP contribution >= 0.6 is 31.9 Å². The van der Waals surface area contributed by atoms with Crippen LogP contribution in [0.2, 0.25) is 0 Å². The van der Waals surface area contributed by atoms with Crippen molar-refractivity contribution in [2.45, 2.75) is 6.54 Å². The van der Waals surface area contributed by atoms with E-state index in [1.807, 2.05) is 36.0 Å². The SMILES string of the molecule is Cn1ccc(CNc2c(Br)cccc2Br)c1. The van der Waals surface area contributed by atoms with E-state index in [1.54, 1.807) is 0 Å². The first-order chi connectivity index (χ1) is 7.66. The fraction of sp³-hybridized carbons (Fsp3) is 0.167. The molecule has 2 aromatic rings. The van der Waals surface area contributed by atoms with Crippen LogP contribution in [0, 0.1) is 0 Å². The fourth-order valence-corrected chi connectivity index (χ4v) is 2.80. The number of hydrogen-bond acceptors (Lipinski definition) is 1. The molecule has 1 N–H and O–H groups in total. The largest absolute Gasteiger partial charge is 0.379 e. The summed E-state index contributed by atoms with van der Waals surface area (Å²) in [5.41, 5.74) is 2.36. The summed E-state index contributed by atoms with van der Waals surface area (Å²) in [5, 5.41) is 3.40. The topological polar surface area (TPSA) is 17.0 Å². The second-order valence-electron chi connectivity index (χ2n) is 3.64. The third-order valence-electron chi connectivity index (χ3n) is 2.33. The van der Waals surface area contributed by atoms with Crippen molar-refractivity contribution in [2.75, 3.05) is 5.32 Å². The highest BCUT2D eigenvalue weighted by atomic mass is 79.9. The zero-order valence-electron chi connectivity index (χ0n) is 8.87. The van der Waals surface area contributed by atoms with Gasteiger partial charge in [-0.2, -0.15) is 0 Å². The van der Waals surface area contributed by atoms with E-state index in [4.69, 9.17) is 0 Å². The number of aromatic nitrogens is 1. The van der Waals surface area contributed by atoms with Gasteiger partial charge in [-0.25, -0.2) is 0 Å². The van der Waals surface area contributed by atoms with Gasteiger partial charge in [0.2, 0.25) is 0 Å². The van der Waals surface area contributed by atoms with Crippen molar-refractivity contribution < 1.29 is 0 Å². The summed E-state index contributed by atoms with van der Waals surface area (Å²) < 4.78 is 4.18. The minimum absolute atomic E-state index is 0.821. The Bertz CT molecular complexity index is 471. The summed E-state index contributed by atoms with van der Waals surface area (Å²) in [6.45, 7) is 0.821. The van der Waals surface area contributed by atoms with E-state index in [9.17, 15) is 0 Å². The predicted octanol–water partition coefficient (Wildman–Crippen LogP) is 4.16. The van der Waals surface area contributed by atoms with Crippen LogP contribution in [-0.2, 0) is 13.6 Å².